The van der Waals surface area contributed by atoms with Crippen LogP contribution in [0.25, 0.3) is 0 Å². The van der Waals surface area contributed by atoms with Gasteiger partial charge in [0.25, 0.3) is 0 Å². The number of rotatable bonds is 0. The van der Waals surface area contributed by atoms with Crippen molar-refractivity contribution < 1.29 is 190 Å². The second-order valence-electron chi connectivity index (χ2n) is 1.00. The zero-order valence-corrected chi connectivity index (χ0v) is 18.2. The fourth-order valence-corrected chi connectivity index (χ4v) is 0. The van der Waals surface area contributed by atoms with Gasteiger partial charge < -0.3 is 90.1 Å². The van der Waals surface area contributed by atoms with Gasteiger partial charge in [0, 0.05) is 0 Å². The van der Waals surface area contributed by atoms with Gasteiger partial charge in [-0.25, -0.2) is 0 Å². The Morgan fingerprint density at radius 2 is 0.375 bits per heavy atom. The summed E-state index contributed by atoms with van der Waals surface area (Å²) >= 11 is 13.7. The summed E-state index contributed by atoms with van der Waals surface area (Å²) in [6.07, 6.45) is 0. The van der Waals surface area contributed by atoms with Gasteiger partial charge in [-0.15, -0.1) is 0 Å². The zero-order chi connectivity index (χ0) is 14.3. The van der Waals surface area contributed by atoms with Crippen molar-refractivity contribution in [2.24, 2.45) is 0 Å². The van der Waals surface area contributed by atoms with Crippen LogP contribution >= 0.6 is 0 Å². The molecule has 0 spiro atoms. The summed E-state index contributed by atoms with van der Waals surface area (Å²) in [6.45, 7) is 0. The molecule has 0 radical (unpaired) electrons. The van der Waals surface area contributed by atoms with Crippen LogP contribution in [-0.2, 0) is 50.5 Å². The first kappa shape index (κ1) is 80.3. The predicted octanol–water partition coefficient (Wildman–Crippen LogP) is -28.5. The Hall–Kier alpha value is 3.54. The van der Waals surface area contributed by atoms with Crippen LogP contribution in [0.1, 0.15) is 0 Å². The topological polar surface area (TPSA) is 161 Å². The van der Waals surface area contributed by atoms with Crippen LogP contribution in [0, 0.1) is 0 Å². The Kier molecular flexibility index (Phi) is 240. The van der Waals surface area contributed by atoms with Gasteiger partial charge in [-0.3, -0.25) is 0 Å². The summed E-state index contributed by atoms with van der Waals surface area (Å²) in [6, 6.07) is 0. The molecule has 0 fully saturated rings. The molecule has 0 saturated heterocycles. The van der Waals surface area contributed by atoms with Crippen molar-refractivity contribution >= 4 is 71.7 Å². The standard InChI is InChI=1S/4CH2O2S.8Li/c4*2-1(3)4;;;;;;;;/h4*4H,(H,2,3);;;;;;;;/q;;;;8*+1/p-8. The maximum atomic E-state index is 8.70. The molecule has 20 heteroatoms. The molecule has 0 aliphatic rings. The molecule has 0 saturated carbocycles. The van der Waals surface area contributed by atoms with E-state index < -0.39 is 21.2 Å². The smallest absolute Gasteiger partial charge is 0.764 e. The number of hydrogen-bond donors (Lipinski definition) is 0. The molecule has 0 N–H and O–H groups in total. The summed E-state index contributed by atoms with van der Waals surface area (Å²) in [4.78, 5) is 34.8. The molecule has 0 unspecified atom stereocenters. The fourth-order valence-electron chi connectivity index (χ4n) is 0. The minimum atomic E-state index is -1.50. The molecular formula is C4Li8O8S4. The van der Waals surface area contributed by atoms with E-state index in [1.165, 1.54) is 0 Å². The minimum absolute atomic E-state index is 0. The summed E-state index contributed by atoms with van der Waals surface area (Å²) < 4.78 is 0. The number of carbonyl (C=O) groups excluding carboxylic acids is 4. The van der Waals surface area contributed by atoms with Crippen LogP contribution < -0.4 is 171 Å². The largest absolute Gasteiger partial charge is 1.00 e. The van der Waals surface area contributed by atoms with Gasteiger partial charge in [-0.05, 0) is 0 Å². The minimum Gasteiger partial charge on any atom is -0.764 e. The van der Waals surface area contributed by atoms with Crippen molar-refractivity contribution in [3.63, 3.8) is 0 Å². The van der Waals surface area contributed by atoms with E-state index >= 15 is 0 Å². The SMILES string of the molecule is O=C([O-])[S-].O=C([O-])[S-].O=C([O-])[S-].O=C([O-])[S-].[Li+].[Li+].[Li+].[Li+].[Li+].[Li+].[Li+].[Li+]. The molecule has 0 atom stereocenters. The normalized spacial score (nSPS) is 4.00. The van der Waals surface area contributed by atoms with Crippen molar-refractivity contribution in [2.45, 2.75) is 0 Å². The molecule has 0 aliphatic carbocycles. The van der Waals surface area contributed by atoms with Gasteiger partial charge in [0.05, 0.1) is 0 Å². The number of carboxylic acid groups (broad SMARTS) is 4. The van der Waals surface area contributed by atoms with E-state index in [1.807, 2.05) is 0 Å². The van der Waals surface area contributed by atoms with E-state index in [-0.39, 0.29) is 151 Å². The Morgan fingerprint density at radius 3 is 0.375 bits per heavy atom. The van der Waals surface area contributed by atoms with Crippen LogP contribution in [0.15, 0.2) is 0 Å². The summed E-state index contributed by atoms with van der Waals surface area (Å²) in [7, 11) is 0. The average Bonchev–Trinajstić information content (AvgIpc) is 1.76. The van der Waals surface area contributed by atoms with Gasteiger partial charge in [0.1, 0.15) is 0 Å². The molecule has 0 aromatic heterocycles. The average molecular weight is 360 g/mol. The first-order chi connectivity index (χ1) is 6.93. The second-order valence-corrected chi connectivity index (χ2v) is 2.33. The third kappa shape index (κ3) is 1230. The molecule has 0 bridgehead atoms. The number of carbonyl (C=O) groups is 4. The van der Waals surface area contributed by atoms with Crippen molar-refractivity contribution in [1.82, 2.24) is 0 Å². The molecule has 8 nitrogen and oxygen atoms in total. The van der Waals surface area contributed by atoms with Crippen LogP contribution in [0.5, 0.6) is 0 Å². The molecule has 96 valence electrons. The van der Waals surface area contributed by atoms with Crippen LogP contribution in [0.3, 0.4) is 0 Å². The van der Waals surface area contributed by atoms with E-state index in [0.717, 1.165) is 0 Å². The van der Waals surface area contributed by atoms with Crippen molar-refractivity contribution in [3.05, 3.63) is 0 Å². The van der Waals surface area contributed by atoms with E-state index in [1.54, 1.807) is 0 Å². The zero-order valence-electron chi connectivity index (χ0n) is 14.9. The van der Waals surface area contributed by atoms with Crippen LogP contribution in [-0.4, -0.2) is 21.2 Å². The maximum absolute atomic E-state index is 8.70. The van der Waals surface area contributed by atoms with E-state index in [2.05, 4.69) is 50.5 Å². The maximum Gasteiger partial charge on any atom is 1.00 e. The van der Waals surface area contributed by atoms with E-state index in [0.29, 0.717) is 0 Å². The van der Waals surface area contributed by atoms with Crippen molar-refractivity contribution in [2.75, 3.05) is 0 Å². The van der Waals surface area contributed by atoms with E-state index in [4.69, 9.17) is 39.6 Å². The van der Waals surface area contributed by atoms with Crippen molar-refractivity contribution in [3.8, 4) is 0 Å². The third-order valence-corrected chi connectivity index (χ3v) is 0. The molecule has 0 aliphatic heterocycles. The molecular weight excluding hydrogens is 360 g/mol. The quantitative estimate of drug-likeness (QED) is 0.297. The van der Waals surface area contributed by atoms with Crippen LogP contribution in [0.2, 0.25) is 0 Å². The summed E-state index contributed by atoms with van der Waals surface area (Å²) in [5, 5.41) is 28.8. The Balaban J connectivity index is -0.00000000720. The van der Waals surface area contributed by atoms with Crippen LogP contribution in [0.4, 0.5) is 19.2 Å². The number of hydrogen-bond acceptors (Lipinski definition) is 12. The third-order valence-electron chi connectivity index (χ3n) is 0. The molecule has 0 aromatic rings. The Morgan fingerprint density at radius 1 is 0.375 bits per heavy atom. The van der Waals surface area contributed by atoms with E-state index in [9.17, 15) is 0 Å². The van der Waals surface area contributed by atoms with Gasteiger partial charge in [-0.2, -0.15) is 0 Å². The molecule has 0 rings (SSSR count). The summed E-state index contributed by atoms with van der Waals surface area (Å²) in [5.74, 6) is 0. The Bertz CT molecular complexity index is 186. The van der Waals surface area contributed by atoms with Gasteiger partial charge in [-0.1, -0.05) is 21.2 Å². The predicted molar refractivity (Wildman–Crippen MR) is 51.0 cm³/mol. The molecule has 24 heavy (non-hydrogen) atoms. The van der Waals surface area contributed by atoms with Crippen molar-refractivity contribution in [1.29, 1.82) is 0 Å². The molecule has 0 amide bonds. The summed E-state index contributed by atoms with van der Waals surface area (Å²) in [5.41, 5.74) is 0. The molecule has 0 heterocycles. The fraction of sp³-hybridized carbons (Fsp3) is 0. The monoisotopic (exact) mass is 360 g/mol. The first-order valence-electron chi connectivity index (χ1n) is 2.45. The van der Waals surface area contributed by atoms with Gasteiger partial charge in [0.15, 0.2) is 0 Å². The van der Waals surface area contributed by atoms with Gasteiger partial charge >= 0.3 is 151 Å². The molecule has 0 aromatic carbocycles. The Labute approximate surface area is 258 Å². The van der Waals surface area contributed by atoms with Gasteiger partial charge in [0.2, 0.25) is 0 Å². The second kappa shape index (κ2) is 71.7. The first-order valence-corrected chi connectivity index (χ1v) is 4.08.